The number of carbonyl (C=O) groups excluding carboxylic acids is 2. The van der Waals surface area contributed by atoms with Gasteiger partial charge in [-0.05, 0) is 36.8 Å². The smallest absolute Gasteiger partial charge is 0.186 e. The Kier molecular flexibility index (Phi) is 8.06. The van der Waals surface area contributed by atoms with E-state index in [-0.39, 0.29) is 6.15 Å². The van der Waals surface area contributed by atoms with Crippen LogP contribution in [-0.2, 0) is 9.59 Å². The van der Waals surface area contributed by atoms with E-state index in [4.69, 9.17) is 9.59 Å². The van der Waals surface area contributed by atoms with Crippen LogP contribution in [0.3, 0.4) is 0 Å². The molecule has 0 saturated carbocycles. The summed E-state index contributed by atoms with van der Waals surface area (Å²) in [4.78, 5) is 18.9. The Morgan fingerprint density at radius 1 is 0.680 bits per heavy atom. The van der Waals surface area contributed by atoms with Crippen LogP contribution in [0.15, 0.2) is 94.7 Å². The van der Waals surface area contributed by atoms with E-state index in [0.717, 1.165) is 0 Å². The first-order valence-corrected chi connectivity index (χ1v) is 9.48. The van der Waals surface area contributed by atoms with Crippen molar-refractivity contribution < 1.29 is 9.59 Å². The highest BCUT2D eigenvalue weighted by molar-refractivity contribution is 8.16. The van der Waals surface area contributed by atoms with E-state index in [2.05, 4.69) is 91.9 Å². The van der Waals surface area contributed by atoms with Crippen LogP contribution in [0.4, 0.5) is 0 Å². The number of hydrogen-bond acceptors (Lipinski definition) is 4. The fourth-order valence-electron chi connectivity index (χ4n) is 2.13. The standard InChI is InChI=1S/C20H18S2.CO2/c1-16-12-14-17(15-13-16)20(21-18-8-4-2-5-9-18)22-19-10-6-3-7-11-19;2-1-3/h2-15,20H,1H3;. The SMILES string of the molecule is Cc1ccc(C(Sc2ccccc2)Sc2ccccc2)cc1.O=C=O. The molecule has 0 spiro atoms. The average molecular weight is 367 g/mol. The lowest BCUT2D eigenvalue weighted by molar-refractivity contribution is -0.191. The van der Waals surface area contributed by atoms with Gasteiger partial charge in [0.25, 0.3) is 0 Å². The van der Waals surface area contributed by atoms with Crippen molar-refractivity contribution in [3.05, 3.63) is 96.1 Å². The largest absolute Gasteiger partial charge is 0.373 e. The van der Waals surface area contributed by atoms with E-state index < -0.39 is 0 Å². The molecule has 0 aromatic heterocycles. The zero-order valence-corrected chi connectivity index (χ0v) is 15.4. The second-order valence-corrected chi connectivity index (χ2v) is 7.84. The molecule has 0 atom stereocenters. The Balaban J connectivity index is 0.000000701. The highest BCUT2D eigenvalue weighted by Gasteiger charge is 2.14. The zero-order valence-electron chi connectivity index (χ0n) is 13.8. The summed E-state index contributed by atoms with van der Waals surface area (Å²) in [5.41, 5.74) is 2.66. The minimum Gasteiger partial charge on any atom is -0.186 e. The highest BCUT2D eigenvalue weighted by Crippen LogP contribution is 2.46. The van der Waals surface area contributed by atoms with E-state index in [1.54, 1.807) is 0 Å². The molecule has 4 heteroatoms. The van der Waals surface area contributed by atoms with Crippen LogP contribution >= 0.6 is 23.5 Å². The summed E-state index contributed by atoms with van der Waals surface area (Å²) in [5.74, 6) is 0. The molecule has 0 bridgehead atoms. The summed E-state index contributed by atoms with van der Waals surface area (Å²) in [6.07, 6.45) is 0.250. The molecule has 0 amide bonds. The molecule has 2 nitrogen and oxygen atoms in total. The summed E-state index contributed by atoms with van der Waals surface area (Å²) in [6.45, 7) is 2.13. The maximum atomic E-state index is 8.12. The summed E-state index contributed by atoms with van der Waals surface area (Å²) >= 11 is 3.81. The van der Waals surface area contributed by atoms with Crippen molar-refractivity contribution in [2.24, 2.45) is 0 Å². The van der Waals surface area contributed by atoms with E-state index in [1.165, 1.54) is 20.9 Å². The molecule has 0 heterocycles. The summed E-state index contributed by atoms with van der Waals surface area (Å²) in [5, 5.41) is 0. The van der Waals surface area contributed by atoms with Gasteiger partial charge in [0.1, 0.15) is 0 Å². The molecule has 0 aliphatic rings. The lowest BCUT2D eigenvalue weighted by atomic mass is 10.2. The first kappa shape index (κ1) is 19.1. The van der Waals surface area contributed by atoms with Crippen LogP contribution in [0.5, 0.6) is 0 Å². The molecular formula is C21H18O2S2. The van der Waals surface area contributed by atoms with Crippen molar-refractivity contribution in [2.75, 3.05) is 0 Å². The van der Waals surface area contributed by atoms with E-state index in [9.17, 15) is 0 Å². The van der Waals surface area contributed by atoms with Crippen LogP contribution in [0, 0.1) is 6.92 Å². The number of rotatable bonds is 5. The van der Waals surface area contributed by atoms with Crippen LogP contribution in [-0.4, -0.2) is 6.15 Å². The Labute approximate surface area is 156 Å². The normalized spacial score (nSPS) is 9.84. The van der Waals surface area contributed by atoms with Crippen molar-refractivity contribution >= 4 is 29.7 Å². The fourth-order valence-corrected chi connectivity index (χ4v) is 4.70. The van der Waals surface area contributed by atoms with Crippen molar-refractivity contribution in [3.8, 4) is 0 Å². The Morgan fingerprint density at radius 3 is 1.48 bits per heavy atom. The molecule has 0 unspecified atom stereocenters. The Bertz CT molecular complexity index is 740. The quantitative estimate of drug-likeness (QED) is 0.410. The van der Waals surface area contributed by atoms with Crippen molar-refractivity contribution in [3.63, 3.8) is 0 Å². The first-order chi connectivity index (χ1) is 12.2. The molecule has 0 radical (unpaired) electrons. The van der Waals surface area contributed by atoms with Gasteiger partial charge in [-0.3, -0.25) is 0 Å². The first-order valence-electron chi connectivity index (χ1n) is 7.72. The van der Waals surface area contributed by atoms with Crippen molar-refractivity contribution in [1.29, 1.82) is 0 Å². The Morgan fingerprint density at radius 2 is 1.08 bits per heavy atom. The molecule has 0 N–H and O–H groups in total. The lowest BCUT2D eigenvalue weighted by Crippen LogP contribution is -1.90. The molecule has 3 aromatic carbocycles. The van der Waals surface area contributed by atoms with E-state index >= 15 is 0 Å². The highest BCUT2D eigenvalue weighted by atomic mass is 32.2. The third kappa shape index (κ3) is 6.63. The van der Waals surface area contributed by atoms with Gasteiger partial charge >= 0.3 is 6.15 Å². The molecule has 0 aliphatic heterocycles. The monoisotopic (exact) mass is 366 g/mol. The predicted octanol–water partition coefficient (Wildman–Crippen LogP) is 5.99. The number of thioether (sulfide) groups is 2. The van der Waals surface area contributed by atoms with Crippen LogP contribution in [0.1, 0.15) is 15.7 Å². The zero-order chi connectivity index (χ0) is 17.9. The Hall–Kier alpha value is -2.26. The van der Waals surface area contributed by atoms with E-state index in [0.29, 0.717) is 4.58 Å². The molecule has 0 saturated heterocycles. The molecular weight excluding hydrogens is 348 g/mol. The van der Waals surface area contributed by atoms with Gasteiger partial charge in [-0.15, -0.1) is 23.5 Å². The lowest BCUT2D eigenvalue weighted by Gasteiger charge is -2.17. The van der Waals surface area contributed by atoms with Gasteiger partial charge in [-0.25, -0.2) is 0 Å². The molecule has 3 rings (SSSR count). The van der Waals surface area contributed by atoms with Crippen molar-refractivity contribution in [2.45, 2.75) is 21.3 Å². The fraction of sp³-hybridized carbons (Fsp3) is 0.0952. The molecule has 25 heavy (non-hydrogen) atoms. The minimum absolute atomic E-state index is 0.250. The van der Waals surface area contributed by atoms with Gasteiger partial charge in [0.15, 0.2) is 0 Å². The van der Waals surface area contributed by atoms with Gasteiger partial charge in [0, 0.05) is 9.79 Å². The molecule has 3 aromatic rings. The van der Waals surface area contributed by atoms with Gasteiger partial charge in [0.2, 0.25) is 0 Å². The molecule has 0 aliphatic carbocycles. The van der Waals surface area contributed by atoms with Gasteiger partial charge in [0.05, 0.1) is 4.58 Å². The van der Waals surface area contributed by atoms with Crippen LogP contribution < -0.4 is 0 Å². The van der Waals surface area contributed by atoms with Gasteiger partial charge in [-0.2, -0.15) is 9.59 Å². The second-order valence-electron chi connectivity index (χ2n) is 5.19. The number of hydrogen-bond donors (Lipinski definition) is 0. The molecule has 126 valence electrons. The summed E-state index contributed by atoms with van der Waals surface area (Å²) in [7, 11) is 0. The van der Waals surface area contributed by atoms with E-state index in [1.807, 2.05) is 23.5 Å². The predicted molar refractivity (Wildman–Crippen MR) is 104 cm³/mol. The third-order valence-electron chi connectivity index (χ3n) is 3.32. The topological polar surface area (TPSA) is 34.1 Å². The summed E-state index contributed by atoms with van der Waals surface area (Å²) in [6, 6.07) is 30.1. The number of benzene rings is 3. The van der Waals surface area contributed by atoms with Gasteiger partial charge in [-0.1, -0.05) is 66.2 Å². The van der Waals surface area contributed by atoms with Crippen LogP contribution in [0.25, 0.3) is 0 Å². The second kappa shape index (κ2) is 10.6. The average Bonchev–Trinajstić information content (AvgIpc) is 2.64. The summed E-state index contributed by atoms with van der Waals surface area (Å²) < 4.78 is 0.352. The number of aryl methyl sites for hydroxylation is 1. The third-order valence-corrected chi connectivity index (χ3v) is 5.96. The van der Waals surface area contributed by atoms with Gasteiger partial charge < -0.3 is 0 Å². The minimum atomic E-state index is 0.250. The maximum absolute atomic E-state index is 8.12. The maximum Gasteiger partial charge on any atom is 0.373 e. The molecule has 0 fully saturated rings. The van der Waals surface area contributed by atoms with Crippen LogP contribution in [0.2, 0.25) is 0 Å². The van der Waals surface area contributed by atoms with Crippen molar-refractivity contribution in [1.82, 2.24) is 0 Å².